The highest BCUT2D eigenvalue weighted by Crippen LogP contribution is 2.37. The number of nitrogens with zero attached hydrogens (tertiary/aromatic N) is 3. The van der Waals surface area contributed by atoms with Gasteiger partial charge in [-0.25, -0.2) is 0 Å². The number of aryl methyl sites for hydroxylation is 1. The second-order valence-electron chi connectivity index (χ2n) is 8.87. The van der Waals surface area contributed by atoms with Gasteiger partial charge in [0.1, 0.15) is 5.75 Å². The molecule has 0 saturated carbocycles. The number of carbonyl (C=O) groups is 1. The summed E-state index contributed by atoms with van der Waals surface area (Å²) >= 11 is 0. The van der Waals surface area contributed by atoms with Gasteiger partial charge in [0.15, 0.2) is 5.82 Å². The van der Waals surface area contributed by atoms with Crippen LogP contribution in [0.1, 0.15) is 50.1 Å². The van der Waals surface area contributed by atoms with E-state index in [0.29, 0.717) is 30.4 Å². The highest BCUT2D eigenvalue weighted by atomic mass is 16.5. The highest BCUT2D eigenvalue weighted by molar-refractivity contribution is 5.97. The van der Waals surface area contributed by atoms with Crippen LogP contribution in [0.2, 0.25) is 0 Å². The molecule has 0 spiro atoms. The summed E-state index contributed by atoms with van der Waals surface area (Å²) in [7, 11) is 1.61. The average molecular weight is 405 g/mol. The van der Waals surface area contributed by atoms with Gasteiger partial charge < -0.3 is 14.2 Å². The molecule has 2 heterocycles. The molecule has 1 aliphatic heterocycles. The van der Waals surface area contributed by atoms with Crippen molar-refractivity contribution in [2.75, 3.05) is 18.6 Å². The van der Waals surface area contributed by atoms with Gasteiger partial charge in [0.05, 0.1) is 12.8 Å². The van der Waals surface area contributed by atoms with Gasteiger partial charge in [0, 0.05) is 24.4 Å². The number of hydrogen-bond donors (Lipinski definition) is 0. The van der Waals surface area contributed by atoms with E-state index < -0.39 is 0 Å². The minimum Gasteiger partial charge on any atom is -0.495 e. The maximum Gasteiger partial charge on any atom is 0.257 e. The molecule has 1 aliphatic rings. The van der Waals surface area contributed by atoms with Crippen LogP contribution in [0.3, 0.4) is 0 Å². The van der Waals surface area contributed by atoms with Crippen LogP contribution in [0.4, 0.5) is 5.69 Å². The van der Waals surface area contributed by atoms with E-state index in [1.807, 2.05) is 37.3 Å². The Morgan fingerprint density at radius 2 is 1.87 bits per heavy atom. The summed E-state index contributed by atoms with van der Waals surface area (Å²) in [6.45, 7) is 9.04. The van der Waals surface area contributed by atoms with Crippen molar-refractivity contribution < 1.29 is 14.1 Å². The molecule has 1 amide bonds. The van der Waals surface area contributed by atoms with Crippen molar-refractivity contribution in [3.63, 3.8) is 0 Å². The van der Waals surface area contributed by atoms with Crippen molar-refractivity contribution in [3.8, 4) is 17.2 Å². The summed E-state index contributed by atoms with van der Waals surface area (Å²) < 4.78 is 11.0. The van der Waals surface area contributed by atoms with Gasteiger partial charge in [-0.15, -0.1) is 0 Å². The normalized spacial score (nSPS) is 16.9. The number of methoxy groups -OCH3 is 1. The molecule has 1 fully saturated rings. The number of carbonyl (C=O) groups excluding carboxylic acids is 1. The van der Waals surface area contributed by atoms with Crippen LogP contribution in [0, 0.1) is 6.92 Å². The highest BCUT2D eigenvalue weighted by Gasteiger charge is 2.36. The molecule has 1 atom stereocenters. The maximum absolute atomic E-state index is 12.7. The van der Waals surface area contributed by atoms with E-state index in [0.717, 1.165) is 16.8 Å². The lowest BCUT2D eigenvalue weighted by atomic mass is 9.87. The first-order chi connectivity index (χ1) is 14.3. The number of aromatic nitrogens is 2. The Morgan fingerprint density at radius 3 is 2.53 bits per heavy atom. The molecule has 6 heteroatoms. The van der Waals surface area contributed by atoms with E-state index in [4.69, 9.17) is 9.26 Å². The molecular formula is C24H27N3O3. The Labute approximate surface area is 176 Å². The van der Waals surface area contributed by atoms with Crippen LogP contribution in [-0.2, 0) is 10.2 Å². The Bertz CT molecular complexity index is 1060. The molecule has 0 bridgehead atoms. The van der Waals surface area contributed by atoms with Crippen LogP contribution < -0.4 is 9.64 Å². The van der Waals surface area contributed by atoms with Crippen LogP contribution in [0.25, 0.3) is 11.5 Å². The molecule has 4 rings (SSSR count). The zero-order chi connectivity index (χ0) is 21.5. The number of benzene rings is 2. The van der Waals surface area contributed by atoms with E-state index in [1.54, 1.807) is 12.0 Å². The van der Waals surface area contributed by atoms with Crippen LogP contribution in [-0.4, -0.2) is 29.7 Å². The fourth-order valence-corrected chi connectivity index (χ4v) is 3.76. The lowest BCUT2D eigenvalue weighted by molar-refractivity contribution is -0.117. The second kappa shape index (κ2) is 7.59. The molecule has 2 aromatic carbocycles. The van der Waals surface area contributed by atoms with Gasteiger partial charge in [-0.3, -0.25) is 4.79 Å². The SMILES string of the molecule is COc1ccc(C)cc1N1CC(c2noc(-c3ccc(C(C)(C)C)cc3)n2)CC1=O. The van der Waals surface area contributed by atoms with Crippen LogP contribution in [0.15, 0.2) is 47.0 Å². The molecule has 3 aromatic rings. The fraction of sp³-hybridized carbons (Fsp3) is 0.375. The summed E-state index contributed by atoms with van der Waals surface area (Å²) in [6.07, 6.45) is 0.346. The van der Waals surface area contributed by atoms with E-state index in [9.17, 15) is 4.79 Å². The number of rotatable bonds is 4. The van der Waals surface area contributed by atoms with Gasteiger partial charge in [-0.05, 0) is 47.7 Å². The van der Waals surface area contributed by atoms with Crippen molar-refractivity contribution in [2.24, 2.45) is 0 Å². The number of amides is 1. The Kier molecular flexibility index (Phi) is 5.10. The second-order valence-corrected chi connectivity index (χ2v) is 8.87. The predicted octanol–water partition coefficient (Wildman–Crippen LogP) is 4.87. The maximum atomic E-state index is 12.7. The van der Waals surface area contributed by atoms with Gasteiger partial charge in [-0.1, -0.05) is 44.1 Å². The van der Waals surface area contributed by atoms with Crippen LogP contribution >= 0.6 is 0 Å². The minimum absolute atomic E-state index is 0.0322. The third-order valence-electron chi connectivity index (χ3n) is 5.55. The smallest absolute Gasteiger partial charge is 0.257 e. The zero-order valence-electron chi connectivity index (χ0n) is 18.1. The topological polar surface area (TPSA) is 68.5 Å². The van der Waals surface area contributed by atoms with Gasteiger partial charge >= 0.3 is 0 Å². The first-order valence-corrected chi connectivity index (χ1v) is 10.2. The van der Waals surface area contributed by atoms with Gasteiger partial charge in [-0.2, -0.15) is 4.98 Å². The molecule has 1 saturated heterocycles. The average Bonchev–Trinajstić information content (AvgIpc) is 3.34. The summed E-state index contributed by atoms with van der Waals surface area (Å²) in [5, 5.41) is 4.17. The summed E-state index contributed by atoms with van der Waals surface area (Å²) in [5.74, 6) is 1.64. The third-order valence-corrected chi connectivity index (χ3v) is 5.55. The van der Waals surface area contributed by atoms with Gasteiger partial charge in [0.25, 0.3) is 5.89 Å². The largest absolute Gasteiger partial charge is 0.495 e. The number of anilines is 1. The summed E-state index contributed by atoms with van der Waals surface area (Å²) in [6, 6.07) is 14.0. The molecule has 156 valence electrons. The molecule has 6 nitrogen and oxygen atoms in total. The molecule has 0 radical (unpaired) electrons. The Hall–Kier alpha value is -3.15. The standard InChI is InChI=1S/C24H27N3O3/c1-15-6-11-20(29-5)19(12-15)27-14-17(13-21(27)28)22-25-23(30-26-22)16-7-9-18(10-8-16)24(2,3)4/h6-12,17H,13-14H2,1-5H3. The van der Waals surface area contributed by atoms with E-state index in [2.05, 4.69) is 43.0 Å². The third kappa shape index (κ3) is 3.82. The molecular weight excluding hydrogens is 378 g/mol. The molecule has 0 aliphatic carbocycles. The van der Waals surface area contributed by atoms with Crippen molar-refractivity contribution in [3.05, 3.63) is 59.4 Å². The van der Waals surface area contributed by atoms with Crippen molar-refractivity contribution >= 4 is 11.6 Å². The zero-order valence-corrected chi connectivity index (χ0v) is 18.1. The van der Waals surface area contributed by atoms with Crippen molar-refractivity contribution in [1.29, 1.82) is 0 Å². The Balaban J connectivity index is 1.55. The van der Waals surface area contributed by atoms with E-state index in [1.165, 1.54) is 5.56 Å². The summed E-state index contributed by atoms with van der Waals surface area (Å²) in [4.78, 5) is 19.1. The minimum atomic E-state index is -0.117. The van der Waals surface area contributed by atoms with Crippen molar-refractivity contribution in [2.45, 2.75) is 45.4 Å². The Morgan fingerprint density at radius 1 is 1.13 bits per heavy atom. The fourth-order valence-electron chi connectivity index (χ4n) is 3.76. The monoisotopic (exact) mass is 405 g/mol. The number of hydrogen-bond acceptors (Lipinski definition) is 5. The molecule has 1 aromatic heterocycles. The van der Waals surface area contributed by atoms with Crippen molar-refractivity contribution in [1.82, 2.24) is 10.1 Å². The predicted molar refractivity (Wildman–Crippen MR) is 116 cm³/mol. The first kappa shape index (κ1) is 20.1. The van der Waals surface area contributed by atoms with Crippen LogP contribution in [0.5, 0.6) is 5.75 Å². The molecule has 1 unspecified atom stereocenters. The van der Waals surface area contributed by atoms with Gasteiger partial charge in [0.2, 0.25) is 5.91 Å². The first-order valence-electron chi connectivity index (χ1n) is 10.2. The number of ether oxygens (including phenoxy) is 1. The molecule has 30 heavy (non-hydrogen) atoms. The van der Waals surface area contributed by atoms with E-state index in [-0.39, 0.29) is 17.2 Å². The lowest BCUT2D eigenvalue weighted by Crippen LogP contribution is -2.25. The lowest BCUT2D eigenvalue weighted by Gasteiger charge is -2.19. The summed E-state index contributed by atoms with van der Waals surface area (Å²) in [5.41, 5.74) is 4.07. The quantitative estimate of drug-likeness (QED) is 0.619. The van der Waals surface area contributed by atoms with E-state index >= 15 is 0 Å². The molecule has 0 N–H and O–H groups in total.